The van der Waals surface area contributed by atoms with Crippen molar-refractivity contribution in [2.75, 3.05) is 25.1 Å². The van der Waals surface area contributed by atoms with Crippen LogP contribution in [-0.2, 0) is 12.8 Å². The highest BCUT2D eigenvalue weighted by Gasteiger charge is 2.29. The van der Waals surface area contributed by atoms with Crippen molar-refractivity contribution >= 4 is 27.4 Å². The topological polar surface area (TPSA) is 38.2 Å². The zero-order chi connectivity index (χ0) is 21.8. The maximum atomic E-state index is 12.8. The monoisotopic (exact) mass is 449 g/mol. The molecule has 0 saturated carbocycles. The number of methoxy groups -OCH3 is 1. The predicted octanol–water partition coefficient (Wildman–Crippen LogP) is 6.04. The van der Waals surface area contributed by atoms with Gasteiger partial charge in [-0.05, 0) is 55.7 Å². The van der Waals surface area contributed by atoms with Gasteiger partial charge in [0.25, 0.3) is 0 Å². The average molecular weight is 450 g/mol. The van der Waals surface area contributed by atoms with Crippen molar-refractivity contribution in [3.8, 4) is 5.75 Å². The fourth-order valence-electron chi connectivity index (χ4n) is 4.36. The lowest BCUT2D eigenvalue weighted by molar-refractivity contribution is -0.126. The Hall–Kier alpha value is -2.35. The maximum Gasteiger partial charge on any atom is 0.393 e. The van der Waals surface area contributed by atoms with Crippen molar-refractivity contribution in [1.29, 1.82) is 0 Å². The van der Waals surface area contributed by atoms with Gasteiger partial charge in [-0.2, -0.15) is 13.2 Å². The van der Waals surface area contributed by atoms with Crippen molar-refractivity contribution < 1.29 is 17.9 Å². The molecule has 1 atom stereocenters. The summed E-state index contributed by atoms with van der Waals surface area (Å²) in [6, 6.07) is 9.76. The van der Waals surface area contributed by atoms with E-state index in [2.05, 4.69) is 20.9 Å². The number of hydrogen-bond acceptors (Lipinski definition) is 5. The van der Waals surface area contributed by atoms with Crippen LogP contribution >= 0.6 is 11.3 Å². The highest BCUT2D eigenvalue weighted by atomic mass is 32.1. The van der Waals surface area contributed by atoms with Gasteiger partial charge in [0.1, 0.15) is 22.7 Å². The van der Waals surface area contributed by atoms with Crippen molar-refractivity contribution in [1.82, 2.24) is 9.97 Å². The van der Waals surface area contributed by atoms with Gasteiger partial charge in [-0.3, -0.25) is 0 Å². The highest BCUT2D eigenvalue weighted by molar-refractivity contribution is 7.18. The first-order valence-corrected chi connectivity index (χ1v) is 11.4. The molecule has 0 spiro atoms. The van der Waals surface area contributed by atoms with Crippen LogP contribution in [0.2, 0.25) is 0 Å². The first kappa shape index (κ1) is 21.9. The van der Waals surface area contributed by atoms with Crippen molar-refractivity contribution in [2.24, 2.45) is 5.92 Å². The lowest BCUT2D eigenvalue weighted by Crippen LogP contribution is -2.25. The molecule has 0 bridgehead atoms. The lowest BCUT2D eigenvalue weighted by Gasteiger charge is -2.22. The number of benzene rings is 1. The minimum Gasteiger partial charge on any atom is -0.496 e. The van der Waals surface area contributed by atoms with Gasteiger partial charge in [-0.1, -0.05) is 18.2 Å². The van der Waals surface area contributed by atoms with E-state index < -0.39 is 12.6 Å². The first-order valence-electron chi connectivity index (χ1n) is 10.6. The van der Waals surface area contributed by atoms with E-state index in [9.17, 15) is 13.2 Å². The van der Waals surface area contributed by atoms with Gasteiger partial charge in [-0.25, -0.2) is 9.97 Å². The molecule has 166 valence electrons. The van der Waals surface area contributed by atoms with Gasteiger partial charge in [0.2, 0.25) is 0 Å². The van der Waals surface area contributed by atoms with Crippen molar-refractivity contribution in [3.05, 3.63) is 47.1 Å². The lowest BCUT2D eigenvalue weighted by atomic mass is 9.93. The second kappa shape index (κ2) is 9.42. The summed E-state index contributed by atoms with van der Waals surface area (Å²) in [5.74, 6) is 2.31. The van der Waals surface area contributed by atoms with Crippen LogP contribution in [0.1, 0.15) is 36.1 Å². The summed E-state index contributed by atoms with van der Waals surface area (Å²) in [6.07, 6.45) is 1.64. The molecule has 0 aliphatic carbocycles. The van der Waals surface area contributed by atoms with E-state index in [0.717, 1.165) is 73.5 Å². The fourth-order valence-corrected chi connectivity index (χ4v) is 5.39. The molecular formula is C23H26F3N3OS. The number of aromatic nitrogens is 2. The summed E-state index contributed by atoms with van der Waals surface area (Å²) in [6.45, 7) is 1.72. The van der Waals surface area contributed by atoms with Crippen molar-refractivity contribution in [2.45, 2.75) is 44.7 Å². The Morgan fingerprint density at radius 1 is 1.16 bits per heavy atom. The van der Waals surface area contributed by atoms with Crippen LogP contribution in [0.15, 0.2) is 36.7 Å². The second-order valence-corrected chi connectivity index (χ2v) is 9.17. The Morgan fingerprint density at radius 2 is 2.00 bits per heavy atom. The van der Waals surface area contributed by atoms with E-state index >= 15 is 0 Å². The van der Waals surface area contributed by atoms with Gasteiger partial charge >= 0.3 is 6.18 Å². The number of aryl methyl sites for hydroxylation is 1. The minimum atomic E-state index is -4.22. The molecule has 1 aliphatic heterocycles. The molecule has 0 N–H and O–H groups in total. The predicted molar refractivity (Wildman–Crippen MR) is 118 cm³/mol. The van der Waals surface area contributed by atoms with Crippen LogP contribution in [0.3, 0.4) is 0 Å². The molecule has 1 unspecified atom stereocenters. The van der Waals surface area contributed by atoms with Crippen molar-refractivity contribution in [3.63, 3.8) is 0 Å². The molecule has 0 radical (unpaired) electrons. The fraction of sp³-hybridized carbons (Fsp3) is 0.478. The summed E-state index contributed by atoms with van der Waals surface area (Å²) in [5, 5.41) is 0.735. The average Bonchev–Trinajstić information content (AvgIpc) is 2.99. The van der Waals surface area contributed by atoms with Crippen LogP contribution in [-0.4, -0.2) is 36.3 Å². The molecule has 0 amide bonds. The Bertz CT molecular complexity index is 1020. The van der Waals surface area contributed by atoms with E-state index in [0.29, 0.717) is 10.7 Å². The zero-order valence-electron chi connectivity index (χ0n) is 17.5. The van der Waals surface area contributed by atoms with Gasteiger partial charge in [0.15, 0.2) is 0 Å². The number of fused-ring (bicyclic) bond motifs is 1. The smallest absolute Gasteiger partial charge is 0.393 e. The first-order chi connectivity index (χ1) is 14.9. The van der Waals surface area contributed by atoms with Crippen LogP contribution < -0.4 is 9.64 Å². The Kier molecular flexibility index (Phi) is 6.65. The molecule has 4 rings (SSSR count). The Balaban J connectivity index is 1.43. The summed E-state index contributed by atoms with van der Waals surface area (Å²) in [7, 11) is 1.70. The molecule has 1 fully saturated rings. The number of alkyl halides is 3. The third kappa shape index (κ3) is 5.47. The Morgan fingerprint density at radius 3 is 2.81 bits per heavy atom. The quantitative estimate of drug-likeness (QED) is 0.460. The highest BCUT2D eigenvalue weighted by Crippen LogP contribution is 2.35. The van der Waals surface area contributed by atoms with E-state index in [1.54, 1.807) is 13.2 Å². The summed E-state index contributed by atoms with van der Waals surface area (Å²) >= 11 is 1.11. The normalized spacial score (nSPS) is 17.7. The molecule has 4 nitrogen and oxygen atoms in total. The number of nitrogens with zero attached hydrogens (tertiary/aromatic N) is 3. The Labute approximate surface area is 184 Å². The molecule has 31 heavy (non-hydrogen) atoms. The maximum absolute atomic E-state index is 12.8. The van der Waals surface area contributed by atoms with E-state index in [1.807, 2.05) is 18.2 Å². The number of para-hydroxylation sites is 1. The molecule has 1 saturated heterocycles. The zero-order valence-corrected chi connectivity index (χ0v) is 18.3. The number of thiophene rings is 1. The van der Waals surface area contributed by atoms with Gasteiger partial charge in [0.05, 0.1) is 18.9 Å². The number of anilines is 1. The molecule has 8 heteroatoms. The third-order valence-electron chi connectivity index (χ3n) is 5.90. The van der Waals surface area contributed by atoms with Gasteiger partial charge < -0.3 is 9.64 Å². The number of hydrogen-bond donors (Lipinski definition) is 0. The number of rotatable bonds is 6. The SMILES string of the molecule is COc1ccccc1CCC1CCCN(c2ncnc3sc(CC(F)(F)F)cc23)CC1. The number of halogens is 3. The van der Waals surface area contributed by atoms with Gasteiger partial charge in [-0.15, -0.1) is 11.3 Å². The van der Waals surface area contributed by atoms with Crippen LogP contribution in [0.25, 0.3) is 10.2 Å². The molecule has 1 aromatic carbocycles. The number of ether oxygens (including phenoxy) is 1. The van der Waals surface area contributed by atoms with Gasteiger partial charge in [0, 0.05) is 18.0 Å². The largest absolute Gasteiger partial charge is 0.496 e. The summed E-state index contributed by atoms with van der Waals surface area (Å²) < 4.78 is 43.9. The summed E-state index contributed by atoms with van der Waals surface area (Å²) in [4.78, 5) is 11.8. The third-order valence-corrected chi connectivity index (χ3v) is 6.94. The summed E-state index contributed by atoms with van der Waals surface area (Å²) in [5.41, 5.74) is 1.24. The van der Waals surface area contributed by atoms with E-state index in [-0.39, 0.29) is 4.88 Å². The minimum absolute atomic E-state index is 0.286. The van der Waals surface area contributed by atoms with Crippen LogP contribution in [0, 0.1) is 5.92 Å². The van der Waals surface area contributed by atoms with Crippen LogP contribution in [0.5, 0.6) is 5.75 Å². The molecule has 3 heterocycles. The molecule has 2 aromatic heterocycles. The molecule has 1 aliphatic rings. The van der Waals surface area contributed by atoms with E-state index in [4.69, 9.17) is 4.74 Å². The molecule has 3 aromatic rings. The van der Waals surface area contributed by atoms with Crippen LogP contribution in [0.4, 0.5) is 19.0 Å². The van der Waals surface area contributed by atoms with E-state index in [1.165, 1.54) is 11.9 Å². The molecular weight excluding hydrogens is 423 g/mol. The standard InChI is InChI=1S/C23H26F3N3OS/c1-30-20-7-3-2-6-17(20)9-8-16-5-4-11-29(12-10-16)21-19-13-18(14-23(24,25)26)31-22(19)28-15-27-21/h2-3,6-7,13,15-16H,4-5,8-12,14H2,1H3. The second-order valence-electron chi connectivity index (χ2n) is 8.06.